The third-order valence-corrected chi connectivity index (χ3v) is 5.10. The molecule has 4 nitrogen and oxygen atoms in total. The van der Waals surface area contributed by atoms with Crippen LogP contribution in [0, 0.1) is 17.3 Å². The molecule has 1 aliphatic carbocycles. The summed E-state index contributed by atoms with van der Waals surface area (Å²) in [6.45, 7) is 9.76. The largest absolute Gasteiger partial charge is 0.461 e. The molecule has 0 aromatic rings. The Kier molecular flexibility index (Phi) is 5.49. The van der Waals surface area contributed by atoms with Crippen molar-refractivity contribution in [1.29, 1.82) is 0 Å². The smallest absolute Gasteiger partial charge is 0.313 e. The number of carbonyl (C=O) groups is 2. The Labute approximate surface area is 144 Å². The highest BCUT2D eigenvalue weighted by Crippen LogP contribution is 2.43. The first kappa shape index (κ1) is 18.7. The molecule has 1 saturated heterocycles. The molecule has 2 rings (SSSR count). The summed E-state index contributed by atoms with van der Waals surface area (Å²) in [5, 5.41) is 9.79. The Balaban J connectivity index is 2.30. The number of aldehydes is 1. The van der Waals surface area contributed by atoms with Crippen LogP contribution in [0.4, 0.5) is 0 Å². The van der Waals surface area contributed by atoms with E-state index in [2.05, 4.69) is 6.58 Å². The van der Waals surface area contributed by atoms with E-state index in [1.807, 2.05) is 19.1 Å². The van der Waals surface area contributed by atoms with Crippen molar-refractivity contribution in [3.05, 3.63) is 36.0 Å². The van der Waals surface area contributed by atoms with Crippen LogP contribution in [0.2, 0.25) is 0 Å². The van der Waals surface area contributed by atoms with Crippen molar-refractivity contribution in [2.75, 3.05) is 6.61 Å². The zero-order chi connectivity index (χ0) is 18.0. The number of allylic oxidation sites excluding steroid dienone is 2. The van der Waals surface area contributed by atoms with Crippen molar-refractivity contribution in [3.63, 3.8) is 0 Å². The van der Waals surface area contributed by atoms with Crippen molar-refractivity contribution >= 4 is 12.3 Å². The van der Waals surface area contributed by atoms with E-state index in [0.717, 1.165) is 36.7 Å². The SMILES string of the molecule is C=C1CC[C@@](C)(C=O)CC[C@@H]2C(=CC=CC(C)(C)O)COC(=O)[C@@H]12. The molecule has 1 heterocycles. The molecular formula is C20H28O4. The van der Waals surface area contributed by atoms with Gasteiger partial charge in [-0.05, 0) is 45.1 Å². The first-order valence-electron chi connectivity index (χ1n) is 8.56. The number of hydrogen-bond acceptors (Lipinski definition) is 4. The van der Waals surface area contributed by atoms with Crippen LogP contribution in [0.3, 0.4) is 0 Å². The van der Waals surface area contributed by atoms with E-state index in [1.165, 1.54) is 0 Å². The highest BCUT2D eigenvalue weighted by Gasteiger charge is 2.41. The Hall–Kier alpha value is -1.68. The molecule has 24 heavy (non-hydrogen) atoms. The molecular weight excluding hydrogens is 304 g/mol. The van der Waals surface area contributed by atoms with Crippen molar-refractivity contribution in [3.8, 4) is 0 Å². The average molecular weight is 332 g/mol. The normalized spacial score (nSPS) is 33.8. The van der Waals surface area contributed by atoms with Gasteiger partial charge in [-0.15, -0.1) is 0 Å². The van der Waals surface area contributed by atoms with Gasteiger partial charge in [0.15, 0.2) is 0 Å². The lowest BCUT2D eigenvalue weighted by Crippen LogP contribution is -2.38. The second-order valence-electron chi connectivity index (χ2n) is 7.92. The average Bonchev–Trinajstić information content (AvgIpc) is 2.49. The first-order valence-corrected chi connectivity index (χ1v) is 8.56. The van der Waals surface area contributed by atoms with Gasteiger partial charge < -0.3 is 14.6 Å². The lowest BCUT2D eigenvalue weighted by atomic mass is 9.68. The van der Waals surface area contributed by atoms with Crippen LogP contribution >= 0.6 is 0 Å². The van der Waals surface area contributed by atoms with Crippen LogP contribution in [0.1, 0.15) is 46.5 Å². The fourth-order valence-corrected chi connectivity index (χ4v) is 3.44. The number of hydrogen-bond donors (Lipinski definition) is 1. The Morgan fingerprint density at radius 1 is 1.38 bits per heavy atom. The van der Waals surface area contributed by atoms with Gasteiger partial charge in [-0.3, -0.25) is 4.79 Å². The molecule has 1 saturated carbocycles. The van der Waals surface area contributed by atoms with Gasteiger partial charge in [-0.2, -0.15) is 0 Å². The van der Waals surface area contributed by atoms with Gasteiger partial charge in [-0.1, -0.05) is 37.3 Å². The minimum absolute atomic E-state index is 0.0183. The standard InChI is InChI=1S/C20H28O4/c1-14-7-10-20(4,13-21)11-8-16-15(6-5-9-19(2,3)23)12-24-18(22)17(14)16/h5-6,9,13,16-17,23H,1,7-8,10-12H2,2-4H3/t16-,17+,20-/m1/s1. The molecule has 2 aliphatic rings. The molecule has 132 valence electrons. The summed E-state index contributed by atoms with van der Waals surface area (Å²) in [5.74, 6) is -0.509. The number of ether oxygens (including phenoxy) is 1. The second kappa shape index (κ2) is 7.06. The highest BCUT2D eigenvalue weighted by atomic mass is 16.5. The monoisotopic (exact) mass is 332 g/mol. The molecule has 0 spiro atoms. The first-order chi connectivity index (χ1) is 11.2. The summed E-state index contributed by atoms with van der Waals surface area (Å²) >= 11 is 0. The van der Waals surface area contributed by atoms with E-state index in [1.54, 1.807) is 19.9 Å². The van der Waals surface area contributed by atoms with Gasteiger partial charge in [0.2, 0.25) is 0 Å². The molecule has 0 aromatic heterocycles. The third kappa shape index (κ3) is 4.44. The maximum absolute atomic E-state index is 12.3. The number of aliphatic hydroxyl groups is 1. The zero-order valence-electron chi connectivity index (χ0n) is 14.9. The van der Waals surface area contributed by atoms with Gasteiger partial charge >= 0.3 is 5.97 Å². The summed E-state index contributed by atoms with van der Waals surface area (Å²) in [7, 11) is 0. The Bertz CT molecular complexity index is 579. The molecule has 0 radical (unpaired) electrons. The van der Waals surface area contributed by atoms with E-state index in [-0.39, 0.29) is 29.8 Å². The van der Waals surface area contributed by atoms with E-state index in [4.69, 9.17) is 4.74 Å². The van der Waals surface area contributed by atoms with Gasteiger partial charge in [0, 0.05) is 11.3 Å². The van der Waals surface area contributed by atoms with Crippen LogP contribution in [0.5, 0.6) is 0 Å². The maximum atomic E-state index is 12.3. The van der Waals surface area contributed by atoms with Gasteiger partial charge in [0.25, 0.3) is 0 Å². The number of cyclic esters (lactones) is 1. The highest BCUT2D eigenvalue weighted by molar-refractivity contribution is 5.78. The summed E-state index contributed by atoms with van der Waals surface area (Å²) < 4.78 is 5.35. The lowest BCUT2D eigenvalue weighted by molar-refractivity contribution is -0.151. The molecule has 1 aliphatic heterocycles. The Morgan fingerprint density at radius 2 is 2.08 bits per heavy atom. The van der Waals surface area contributed by atoms with Crippen LogP contribution in [-0.4, -0.2) is 29.6 Å². The number of fused-ring (bicyclic) bond motifs is 1. The molecule has 3 atom stereocenters. The van der Waals surface area contributed by atoms with E-state index in [9.17, 15) is 14.7 Å². The molecule has 0 aromatic carbocycles. The summed E-state index contributed by atoms with van der Waals surface area (Å²) in [4.78, 5) is 23.7. The van der Waals surface area contributed by atoms with Crippen LogP contribution in [0.15, 0.2) is 36.0 Å². The second-order valence-corrected chi connectivity index (χ2v) is 7.92. The quantitative estimate of drug-likeness (QED) is 0.489. The van der Waals surface area contributed by atoms with E-state index < -0.39 is 5.60 Å². The fraction of sp³-hybridized carbons (Fsp3) is 0.600. The molecule has 0 bridgehead atoms. The van der Waals surface area contributed by atoms with Gasteiger partial charge in [-0.25, -0.2) is 0 Å². The number of esters is 1. The number of rotatable bonds is 3. The lowest BCUT2D eigenvalue weighted by Gasteiger charge is -2.38. The Morgan fingerprint density at radius 3 is 2.71 bits per heavy atom. The van der Waals surface area contributed by atoms with Gasteiger partial charge in [0.05, 0.1) is 11.5 Å². The van der Waals surface area contributed by atoms with Crippen molar-refractivity contribution in [1.82, 2.24) is 0 Å². The minimum atomic E-state index is -0.886. The molecule has 0 unspecified atom stereocenters. The summed E-state index contributed by atoms with van der Waals surface area (Å²) in [6, 6.07) is 0. The maximum Gasteiger partial charge on any atom is 0.313 e. The topological polar surface area (TPSA) is 63.6 Å². The van der Waals surface area contributed by atoms with Gasteiger partial charge in [0.1, 0.15) is 12.9 Å². The molecule has 0 amide bonds. The fourth-order valence-electron chi connectivity index (χ4n) is 3.44. The summed E-state index contributed by atoms with van der Waals surface area (Å²) in [6.07, 6.45) is 9.39. The summed E-state index contributed by atoms with van der Waals surface area (Å²) in [5.41, 5.74) is 0.636. The zero-order valence-corrected chi connectivity index (χ0v) is 14.9. The predicted octanol–water partition coefficient (Wildman–Crippen LogP) is 3.36. The van der Waals surface area contributed by atoms with Crippen molar-refractivity contribution < 1.29 is 19.4 Å². The molecule has 1 N–H and O–H groups in total. The van der Waals surface area contributed by atoms with Crippen LogP contribution in [0.25, 0.3) is 0 Å². The molecule has 4 heteroatoms. The van der Waals surface area contributed by atoms with Crippen LogP contribution in [-0.2, 0) is 14.3 Å². The van der Waals surface area contributed by atoms with E-state index in [0.29, 0.717) is 6.42 Å². The minimum Gasteiger partial charge on any atom is -0.461 e. The van der Waals surface area contributed by atoms with Crippen molar-refractivity contribution in [2.24, 2.45) is 17.3 Å². The third-order valence-electron chi connectivity index (χ3n) is 5.10. The predicted molar refractivity (Wildman–Crippen MR) is 93.2 cm³/mol. The van der Waals surface area contributed by atoms with Crippen molar-refractivity contribution in [2.45, 2.75) is 52.1 Å². The molecule has 2 fully saturated rings. The number of carbonyl (C=O) groups excluding carboxylic acids is 2. The van der Waals surface area contributed by atoms with E-state index >= 15 is 0 Å². The van der Waals surface area contributed by atoms with Crippen LogP contribution < -0.4 is 0 Å².